The maximum atomic E-state index is 12.0. The predicted octanol–water partition coefficient (Wildman–Crippen LogP) is 3.39. The van der Waals surface area contributed by atoms with E-state index < -0.39 is 0 Å². The van der Waals surface area contributed by atoms with Crippen molar-refractivity contribution in [1.29, 1.82) is 0 Å². The average Bonchev–Trinajstić information content (AvgIpc) is 2.97. The normalized spacial score (nSPS) is 12.0. The Morgan fingerprint density at radius 1 is 1.17 bits per heavy atom. The van der Waals surface area contributed by atoms with E-state index in [9.17, 15) is 14.7 Å². The first kappa shape index (κ1) is 14.7. The number of imidazole rings is 1. The first-order valence-electron chi connectivity index (χ1n) is 7.05. The number of allylic oxidation sites excluding steroid dienone is 1. The number of carbonyl (C=O) groups is 2. The smallest absolute Gasteiger partial charge is 0.167 e. The number of H-pyrrole nitrogens is 1. The van der Waals surface area contributed by atoms with Gasteiger partial charge in [0.05, 0.1) is 11.0 Å². The lowest BCUT2D eigenvalue weighted by atomic mass is 10.0. The highest BCUT2D eigenvalue weighted by molar-refractivity contribution is 6.25. The predicted molar refractivity (Wildman–Crippen MR) is 88.0 cm³/mol. The van der Waals surface area contributed by atoms with Crippen molar-refractivity contribution in [3.05, 3.63) is 65.5 Å². The number of aromatic nitrogens is 2. The van der Waals surface area contributed by atoms with Crippen LogP contribution in [-0.4, -0.2) is 27.1 Å². The van der Waals surface area contributed by atoms with Gasteiger partial charge in [0.25, 0.3) is 0 Å². The standard InChI is InChI=1S/C18H14N2O3/c1-11(22)16(17(23)13-6-4-5-12(9-13)10-21)18-19-14-7-2-3-8-15(14)20-18/h2-10,23H,1H3,(H,19,20)/b17-16-. The molecule has 5 nitrogen and oxygen atoms in total. The number of hydrogen-bond donors (Lipinski definition) is 2. The fourth-order valence-electron chi connectivity index (χ4n) is 2.42. The van der Waals surface area contributed by atoms with Crippen molar-refractivity contribution in [3.63, 3.8) is 0 Å². The number of ketones is 1. The molecular formula is C18H14N2O3. The summed E-state index contributed by atoms with van der Waals surface area (Å²) in [4.78, 5) is 30.3. The number of fused-ring (bicyclic) bond motifs is 1. The molecule has 0 aliphatic rings. The molecule has 114 valence electrons. The van der Waals surface area contributed by atoms with Gasteiger partial charge in [0, 0.05) is 11.1 Å². The van der Waals surface area contributed by atoms with E-state index >= 15 is 0 Å². The fraction of sp³-hybridized carbons (Fsp3) is 0.0556. The van der Waals surface area contributed by atoms with Crippen LogP contribution in [0.2, 0.25) is 0 Å². The van der Waals surface area contributed by atoms with E-state index in [0.717, 1.165) is 5.52 Å². The molecule has 5 heteroatoms. The highest BCUT2D eigenvalue weighted by Gasteiger charge is 2.19. The lowest BCUT2D eigenvalue weighted by Crippen LogP contribution is -2.03. The van der Waals surface area contributed by atoms with Gasteiger partial charge in [-0.15, -0.1) is 0 Å². The van der Waals surface area contributed by atoms with Crippen molar-refractivity contribution in [2.75, 3.05) is 0 Å². The van der Waals surface area contributed by atoms with Gasteiger partial charge < -0.3 is 10.1 Å². The summed E-state index contributed by atoms with van der Waals surface area (Å²) < 4.78 is 0. The summed E-state index contributed by atoms with van der Waals surface area (Å²) in [6, 6.07) is 13.8. The third-order valence-electron chi connectivity index (χ3n) is 3.51. The van der Waals surface area contributed by atoms with E-state index in [1.54, 1.807) is 18.2 Å². The molecule has 0 spiro atoms. The second-order valence-corrected chi connectivity index (χ2v) is 5.13. The highest BCUT2D eigenvalue weighted by Crippen LogP contribution is 2.25. The summed E-state index contributed by atoms with van der Waals surface area (Å²) in [5, 5.41) is 10.5. The van der Waals surface area contributed by atoms with Crippen LogP contribution < -0.4 is 0 Å². The van der Waals surface area contributed by atoms with Crippen LogP contribution in [0.3, 0.4) is 0 Å². The van der Waals surface area contributed by atoms with Gasteiger partial charge in [-0.25, -0.2) is 4.98 Å². The number of rotatable bonds is 4. The number of Topliss-reactive ketones (excluding diaryl/α,β-unsaturated/α-hetero) is 1. The summed E-state index contributed by atoms with van der Waals surface area (Å²) >= 11 is 0. The molecule has 0 unspecified atom stereocenters. The molecule has 2 N–H and O–H groups in total. The lowest BCUT2D eigenvalue weighted by Gasteiger charge is -2.06. The third-order valence-corrected chi connectivity index (χ3v) is 3.51. The summed E-state index contributed by atoms with van der Waals surface area (Å²) in [6.07, 6.45) is 0.686. The largest absolute Gasteiger partial charge is 0.506 e. The molecule has 0 aliphatic carbocycles. The molecule has 3 aromatic rings. The molecule has 0 fully saturated rings. The third kappa shape index (κ3) is 2.76. The van der Waals surface area contributed by atoms with Crippen LogP contribution >= 0.6 is 0 Å². The average molecular weight is 306 g/mol. The molecule has 1 heterocycles. The molecule has 23 heavy (non-hydrogen) atoms. The number of carbonyl (C=O) groups excluding carboxylic acids is 2. The maximum Gasteiger partial charge on any atom is 0.167 e. The Morgan fingerprint density at radius 3 is 2.65 bits per heavy atom. The Labute approximate surface area is 132 Å². The minimum Gasteiger partial charge on any atom is -0.506 e. The number of para-hydroxylation sites is 2. The number of aromatic amines is 1. The Bertz CT molecular complexity index is 905. The Balaban J connectivity index is 2.20. The molecule has 0 radical (unpaired) electrons. The zero-order valence-corrected chi connectivity index (χ0v) is 12.4. The molecular weight excluding hydrogens is 292 g/mol. The first-order chi connectivity index (χ1) is 11.1. The van der Waals surface area contributed by atoms with Crippen LogP contribution in [-0.2, 0) is 4.79 Å². The van der Waals surface area contributed by atoms with Crippen molar-refractivity contribution in [3.8, 4) is 0 Å². The lowest BCUT2D eigenvalue weighted by molar-refractivity contribution is -0.111. The Morgan fingerprint density at radius 2 is 1.96 bits per heavy atom. The number of benzene rings is 2. The molecule has 0 atom stereocenters. The van der Waals surface area contributed by atoms with Crippen molar-refractivity contribution >= 4 is 34.4 Å². The second kappa shape index (κ2) is 5.88. The number of aliphatic hydroxyl groups is 1. The molecule has 0 amide bonds. The Kier molecular flexibility index (Phi) is 3.76. The molecule has 3 rings (SSSR count). The monoisotopic (exact) mass is 306 g/mol. The van der Waals surface area contributed by atoms with E-state index in [0.29, 0.717) is 28.8 Å². The summed E-state index contributed by atoms with van der Waals surface area (Å²) in [5.74, 6) is -0.231. The topological polar surface area (TPSA) is 83.0 Å². The van der Waals surface area contributed by atoms with Gasteiger partial charge in [0.2, 0.25) is 0 Å². The molecule has 1 aromatic heterocycles. The van der Waals surface area contributed by atoms with Crippen LogP contribution in [0.1, 0.15) is 28.7 Å². The highest BCUT2D eigenvalue weighted by atomic mass is 16.3. The van der Waals surface area contributed by atoms with Gasteiger partial charge in [-0.05, 0) is 25.1 Å². The number of hydrogen-bond acceptors (Lipinski definition) is 4. The van der Waals surface area contributed by atoms with Crippen molar-refractivity contribution in [2.24, 2.45) is 0 Å². The van der Waals surface area contributed by atoms with Gasteiger partial charge in [-0.3, -0.25) is 9.59 Å². The van der Waals surface area contributed by atoms with Crippen LogP contribution in [0.15, 0.2) is 48.5 Å². The van der Waals surface area contributed by atoms with E-state index in [1.165, 1.54) is 13.0 Å². The van der Waals surface area contributed by atoms with Gasteiger partial charge >= 0.3 is 0 Å². The number of nitrogens with zero attached hydrogens (tertiary/aromatic N) is 1. The van der Waals surface area contributed by atoms with E-state index in [4.69, 9.17) is 0 Å². The fourth-order valence-corrected chi connectivity index (χ4v) is 2.42. The minimum atomic E-state index is -0.321. The zero-order chi connectivity index (χ0) is 16.4. The van der Waals surface area contributed by atoms with Gasteiger partial charge in [0.1, 0.15) is 23.4 Å². The van der Waals surface area contributed by atoms with Gasteiger partial charge in [-0.2, -0.15) is 0 Å². The van der Waals surface area contributed by atoms with Crippen molar-refractivity contribution in [2.45, 2.75) is 6.92 Å². The van der Waals surface area contributed by atoms with Crippen LogP contribution in [0.4, 0.5) is 0 Å². The number of aliphatic hydroxyl groups excluding tert-OH is 1. The van der Waals surface area contributed by atoms with Crippen LogP contribution in [0, 0.1) is 0 Å². The molecule has 0 saturated carbocycles. The van der Waals surface area contributed by atoms with Gasteiger partial charge in [-0.1, -0.05) is 30.3 Å². The maximum absolute atomic E-state index is 12.0. The van der Waals surface area contributed by atoms with E-state index in [-0.39, 0.29) is 17.1 Å². The second-order valence-electron chi connectivity index (χ2n) is 5.13. The minimum absolute atomic E-state index is 0.0873. The SMILES string of the molecule is CC(=O)/C(=C(/O)c1cccc(C=O)c1)c1nc2ccccc2[nH]1. The number of aldehydes is 1. The van der Waals surface area contributed by atoms with Crippen molar-refractivity contribution < 1.29 is 14.7 Å². The van der Waals surface area contributed by atoms with Crippen LogP contribution in [0.25, 0.3) is 22.4 Å². The molecule has 0 saturated heterocycles. The Hall–Kier alpha value is -3.21. The zero-order valence-electron chi connectivity index (χ0n) is 12.4. The van der Waals surface area contributed by atoms with Crippen molar-refractivity contribution in [1.82, 2.24) is 9.97 Å². The number of nitrogens with one attached hydrogen (secondary N) is 1. The summed E-state index contributed by atoms with van der Waals surface area (Å²) in [6.45, 7) is 1.36. The summed E-state index contributed by atoms with van der Waals surface area (Å²) in [5.41, 5.74) is 2.37. The van der Waals surface area contributed by atoms with Gasteiger partial charge in [0.15, 0.2) is 5.78 Å². The molecule has 0 bridgehead atoms. The quantitative estimate of drug-likeness (QED) is 0.439. The molecule has 2 aromatic carbocycles. The first-order valence-corrected chi connectivity index (χ1v) is 7.05. The van der Waals surface area contributed by atoms with Crippen LogP contribution in [0.5, 0.6) is 0 Å². The summed E-state index contributed by atoms with van der Waals surface area (Å²) in [7, 11) is 0. The van der Waals surface area contributed by atoms with E-state index in [1.807, 2.05) is 24.3 Å². The van der Waals surface area contributed by atoms with E-state index in [2.05, 4.69) is 9.97 Å². The molecule has 0 aliphatic heterocycles.